The molecule has 1 atom stereocenters. The van der Waals surface area contributed by atoms with Crippen molar-refractivity contribution in [2.45, 2.75) is 26.3 Å². The number of ether oxygens (including phenoxy) is 2. The second kappa shape index (κ2) is 8.76. The fourth-order valence-corrected chi connectivity index (χ4v) is 1.71. The first-order valence-corrected chi connectivity index (χ1v) is 7.08. The van der Waals surface area contributed by atoms with Crippen molar-refractivity contribution in [1.82, 2.24) is 10.6 Å². The minimum atomic E-state index is -0.626. The van der Waals surface area contributed by atoms with E-state index in [4.69, 9.17) is 9.47 Å². The Morgan fingerprint density at radius 2 is 1.73 bits per heavy atom. The summed E-state index contributed by atoms with van der Waals surface area (Å²) < 4.78 is 10.3. The molecule has 0 aliphatic heterocycles. The van der Waals surface area contributed by atoms with Gasteiger partial charge in [-0.3, -0.25) is 4.79 Å². The predicted molar refractivity (Wildman–Crippen MR) is 84.5 cm³/mol. The lowest BCUT2D eigenvalue weighted by Gasteiger charge is -2.15. The van der Waals surface area contributed by atoms with Crippen LogP contribution in [-0.2, 0) is 4.79 Å². The lowest BCUT2D eigenvalue weighted by Crippen LogP contribution is -2.46. The van der Waals surface area contributed by atoms with Gasteiger partial charge in [-0.15, -0.1) is 0 Å². The molecule has 0 heterocycles. The summed E-state index contributed by atoms with van der Waals surface area (Å²) >= 11 is 0. The molecule has 0 unspecified atom stereocenters. The van der Waals surface area contributed by atoms with E-state index in [0.29, 0.717) is 23.7 Å². The molecule has 7 heteroatoms. The maximum absolute atomic E-state index is 11.9. The Balaban J connectivity index is 2.63. The molecule has 0 spiro atoms. The minimum absolute atomic E-state index is 0.222. The Labute approximate surface area is 130 Å². The molecule has 122 valence electrons. The van der Waals surface area contributed by atoms with Gasteiger partial charge in [-0.25, -0.2) is 4.79 Å². The standard InChI is InChI=1S/C15H23N3O4/c1-5-6-16-14(19)10(2)17-15(20)18-11-7-12(21-3)9-13(8-11)22-4/h7-10H,5-6H2,1-4H3,(H,16,19)(H2,17,18,20)/t10-/m0/s1. The van der Waals surface area contributed by atoms with Crippen molar-refractivity contribution in [3.63, 3.8) is 0 Å². The molecular formula is C15H23N3O4. The van der Waals surface area contributed by atoms with Gasteiger partial charge in [0.1, 0.15) is 17.5 Å². The lowest BCUT2D eigenvalue weighted by atomic mass is 10.2. The van der Waals surface area contributed by atoms with Gasteiger partial charge in [-0.1, -0.05) is 6.92 Å². The SMILES string of the molecule is CCCNC(=O)[C@H](C)NC(=O)Nc1cc(OC)cc(OC)c1. The van der Waals surface area contributed by atoms with E-state index in [1.54, 1.807) is 25.1 Å². The number of rotatable bonds is 7. The van der Waals surface area contributed by atoms with E-state index in [2.05, 4.69) is 16.0 Å². The smallest absolute Gasteiger partial charge is 0.319 e. The van der Waals surface area contributed by atoms with Gasteiger partial charge in [0.25, 0.3) is 0 Å². The van der Waals surface area contributed by atoms with Gasteiger partial charge in [0.2, 0.25) is 5.91 Å². The van der Waals surface area contributed by atoms with Crippen LogP contribution in [0.5, 0.6) is 11.5 Å². The van der Waals surface area contributed by atoms with E-state index in [9.17, 15) is 9.59 Å². The van der Waals surface area contributed by atoms with E-state index < -0.39 is 12.1 Å². The number of amides is 3. The van der Waals surface area contributed by atoms with Crippen LogP contribution in [0.15, 0.2) is 18.2 Å². The second-order valence-electron chi connectivity index (χ2n) is 4.71. The van der Waals surface area contributed by atoms with Crippen molar-refractivity contribution >= 4 is 17.6 Å². The van der Waals surface area contributed by atoms with Gasteiger partial charge in [-0.05, 0) is 13.3 Å². The maximum Gasteiger partial charge on any atom is 0.319 e. The first kappa shape index (κ1) is 17.6. The summed E-state index contributed by atoms with van der Waals surface area (Å²) in [5.74, 6) is 0.895. The predicted octanol–water partition coefficient (Wildman–Crippen LogP) is 1.74. The number of carbonyl (C=O) groups excluding carboxylic acids is 2. The average molecular weight is 309 g/mol. The van der Waals surface area contributed by atoms with Crippen molar-refractivity contribution < 1.29 is 19.1 Å². The minimum Gasteiger partial charge on any atom is -0.497 e. The summed E-state index contributed by atoms with van der Waals surface area (Å²) in [5, 5.41) is 7.93. The van der Waals surface area contributed by atoms with Gasteiger partial charge < -0.3 is 25.4 Å². The molecular weight excluding hydrogens is 286 g/mol. The summed E-state index contributed by atoms with van der Waals surface area (Å²) in [5.41, 5.74) is 0.509. The number of carbonyl (C=O) groups is 2. The van der Waals surface area contributed by atoms with E-state index in [0.717, 1.165) is 6.42 Å². The summed E-state index contributed by atoms with van der Waals surface area (Å²) in [4.78, 5) is 23.6. The Bertz CT molecular complexity index is 497. The molecule has 3 N–H and O–H groups in total. The zero-order chi connectivity index (χ0) is 16.5. The number of nitrogens with one attached hydrogen (secondary N) is 3. The second-order valence-corrected chi connectivity index (χ2v) is 4.71. The van der Waals surface area contributed by atoms with Crippen molar-refractivity contribution in [3.05, 3.63) is 18.2 Å². The quantitative estimate of drug-likeness (QED) is 0.716. The van der Waals surface area contributed by atoms with Crippen LogP contribution in [0, 0.1) is 0 Å². The average Bonchev–Trinajstić information content (AvgIpc) is 2.51. The van der Waals surface area contributed by atoms with Crippen LogP contribution in [0.3, 0.4) is 0 Å². The van der Waals surface area contributed by atoms with Gasteiger partial charge in [0, 0.05) is 30.4 Å². The maximum atomic E-state index is 11.9. The van der Waals surface area contributed by atoms with Crippen LogP contribution in [-0.4, -0.2) is 38.7 Å². The normalized spacial score (nSPS) is 11.3. The molecule has 1 aromatic carbocycles. The van der Waals surface area contributed by atoms with E-state index in [1.165, 1.54) is 14.2 Å². The van der Waals surface area contributed by atoms with Gasteiger partial charge in [0.05, 0.1) is 14.2 Å². The molecule has 7 nitrogen and oxygen atoms in total. The Hall–Kier alpha value is -2.44. The van der Waals surface area contributed by atoms with Crippen LogP contribution in [0.4, 0.5) is 10.5 Å². The molecule has 0 saturated heterocycles. The first-order chi connectivity index (χ1) is 10.5. The fraction of sp³-hybridized carbons (Fsp3) is 0.467. The van der Waals surface area contributed by atoms with E-state index in [1.807, 2.05) is 6.92 Å². The highest BCUT2D eigenvalue weighted by atomic mass is 16.5. The summed E-state index contributed by atoms with van der Waals surface area (Å²) in [6, 6.07) is 3.91. The highest BCUT2D eigenvalue weighted by Gasteiger charge is 2.15. The van der Waals surface area contributed by atoms with Crippen LogP contribution < -0.4 is 25.4 Å². The molecule has 0 radical (unpaired) electrons. The first-order valence-electron chi connectivity index (χ1n) is 7.08. The number of hydrogen-bond donors (Lipinski definition) is 3. The fourth-order valence-electron chi connectivity index (χ4n) is 1.71. The molecule has 3 amide bonds. The zero-order valence-corrected chi connectivity index (χ0v) is 13.4. The summed E-state index contributed by atoms with van der Waals surface area (Å²) in [7, 11) is 3.05. The molecule has 0 bridgehead atoms. The van der Waals surface area contributed by atoms with Crippen molar-refractivity contribution in [2.24, 2.45) is 0 Å². The van der Waals surface area contributed by atoms with Gasteiger partial charge >= 0.3 is 6.03 Å². The van der Waals surface area contributed by atoms with Crippen LogP contribution in [0.2, 0.25) is 0 Å². The zero-order valence-electron chi connectivity index (χ0n) is 13.4. The highest BCUT2D eigenvalue weighted by Crippen LogP contribution is 2.25. The largest absolute Gasteiger partial charge is 0.497 e. The third-order valence-electron chi connectivity index (χ3n) is 2.90. The van der Waals surface area contributed by atoms with Gasteiger partial charge in [-0.2, -0.15) is 0 Å². The monoisotopic (exact) mass is 309 g/mol. The summed E-state index contributed by atoms with van der Waals surface area (Å²) in [6.07, 6.45) is 0.842. The molecule has 1 aromatic rings. The highest BCUT2D eigenvalue weighted by molar-refractivity contribution is 5.93. The van der Waals surface area contributed by atoms with Crippen LogP contribution in [0.25, 0.3) is 0 Å². The molecule has 0 aromatic heterocycles. The molecule has 22 heavy (non-hydrogen) atoms. The Kier molecular flexibility index (Phi) is 7.01. The Morgan fingerprint density at radius 3 is 2.23 bits per heavy atom. The number of methoxy groups -OCH3 is 2. The number of anilines is 1. The molecule has 0 saturated carbocycles. The topological polar surface area (TPSA) is 88.7 Å². The third kappa shape index (κ3) is 5.51. The van der Waals surface area contributed by atoms with Crippen molar-refractivity contribution in [1.29, 1.82) is 0 Å². The van der Waals surface area contributed by atoms with Crippen molar-refractivity contribution in [2.75, 3.05) is 26.1 Å². The number of hydrogen-bond acceptors (Lipinski definition) is 4. The summed E-state index contributed by atoms with van der Waals surface area (Å²) in [6.45, 7) is 4.16. The molecule has 1 rings (SSSR count). The molecule has 0 aliphatic carbocycles. The molecule has 0 aliphatic rings. The molecule has 0 fully saturated rings. The Morgan fingerprint density at radius 1 is 1.14 bits per heavy atom. The third-order valence-corrected chi connectivity index (χ3v) is 2.90. The van der Waals surface area contributed by atoms with E-state index >= 15 is 0 Å². The number of benzene rings is 1. The lowest BCUT2D eigenvalue weighted by molar-refractivity contribution is -0.122. The van der Waals surface area contributed by atoms with Crippen molar-refractivity contribution in [3.8, 4) is 11.5 Å². The van der Waals surface area contributed by atoms with Crippen LogP contribution >= 0.6 is 0 Å². The van der Waals surface area contributed by atoms with Gasteiger partial charge in [0.15, 0.2) is 0 Å². The van der Waals surface area contributed by atoms with Crippen LogP contribution in [0.1, 0.15) is 20.3 Å². The van der Waals surface area contributed by atoms with E-state index in [-0.39, 0.29) is 5.91 Å². The number of urea groups is 1.